The van der Waals surface area contributed by atoms with Gasteiger partial charge in [0.05, 0.1) is 17.3 Å². The Morgan fingerprint density at radius 1 is 1.39 bits per heavy atom. The summed E-state index contributed by atoms with van der Waals surface area (Å²) in [4.78, 5) is 14.1. The molecule has 0 spiro atoms. The highest BCUT2D eigenvalue weighted by Crippen LogP contribution is 2.39. The SMILES string of the molecule is C=Cc1cc(C(C)(C)/C(C#N)=C/N(C)C)n(SI)c1/C=C(\CC)NC(=O)OC(C)(C)C. The molecule has 6 nitrogen and oxygen atoms in total. The maximum Gasteiger partial charge on any atom is 0.411 e. The smallest absolute Gasteiger partial charge is 0.411 e. The van der Waals surface area contributed by atoms with E-state index in [1.807, 2.05) is 78.9 Å². The molecule has 1 amide bonds. The molecule has 0 saturated heterocycles. The average Bonchev–Trinajstić information content (AvgIpc) is 3.01. The van der Waals surface area contributed by atoms with Gasteiger partial charge in [0.25, 0.3) is 0 Å². The minimum Gasteiger partial charge on any atom is -0.444 e. The second kappa shape index (κ2) is 11.1. The molecule has 0 aliphatic rings. The Bertz CT molecular complexity index is 915. The third kappa shape index (κ3) is 7.35. The lowest BCUT2D eigenvalue weighted by molar-refractivity contribution is 0.0545. The molecule has 1 aromatic rings. The van der Waals surface area contributed by atoms with Crippen LogP contribution in [0.1, 0.15) is 64.9 Å². The molecule has 0 aliphatic carbocycles. The highest BCUT2D eigenvalue weighted by atomic mass is 127. The normalized spacial score (nSPS) is 12.9. The van der Waals surface area contributed by atoms with Crippen LogP contribution in [0.5, 0.6) is 0 Å². The number of alkyl carbamates (subject to hydrolysis) is 1. The van der Waals surface area contributed by atoms with E-state index >= 15 is 0 Å². The summed E-state index contributed by atoms with van der Waals surface area (Å²) in [6, 6.07) is 4.40. The minimum absolute atomic E-state index is 0.484. The fourth-order valence-electron chi connectivity index (χ4n) is 2.89. The van der Waals surface area contributed by atoms with E-state index < -0.39 is 17.1 Å². The molecule has 0 unspecified atom stereocenters. The molecule has 1 aromatic heterocycles. The van der Waals surface area contributed by atoms with Crippen LogP contribution in [0.4, 0.5) is 4.79 Å². The molecule has 1 N–H and O–H groups in total. The Balaban J connectivity index is 3.55. The van der Waals surface area contributed by atoms with Gasteiger partial charge in [-0.2, -0.15) is 5.26 Å². The summed E-state index contributed by atoms with van der Waals surface area (Å²) < 4.78 is 7.46. The minimum atomic E-state index is -0.572. The Morgan fingerprint density at radius 2 is 2.00 bits per heavy atom. The third-order valence-corrected chi connectivity index (χ3v) is 6.20. The van der Waals surface area contributed by atoms with Crippen molar-refractivity contribution in [3.8, 4) is 6.07 Å². The maximum absolute atomic E-state index is 12.3. The largest absolute Gasteiger partial charge is 0.444 e. The number of rotatable bonds is 8. The number of nitriles is 1. The van der Waals surface area contributed by atoms with Crippen molar-refractivity contribution in [2.24, 2.45) is 0 Å². The van der Waals surface area contributed by atoms with Crippen molar-refractivity contribution in [1.82, 2.24) is 14.2 Å². The molecule has 0 atom stereocenters. The van der Waals surface area contributed by atoms with Gasteiger partial charge in [-0.25, -0.2) is 4.79 Å². The number of nitrogens with one attached hydrogen (secondary N) is 1. The summed E-state index contributed by atoms with van der Waals surface area (Å²) in [6.45, 7) is 15.5. The van der Waals surface area contributed by atoms with Gasteiger partial charge in [0.15, 0.2) is 0 Å². The molecule has 1 heterocycles. The van der Waals surface area contributed by atoms with Crippen molar-refractivity contribution in [3.05, 3.63) is 47.1 Å². The Morgan fingerprint density at radius 3 is 2.42 bits per heavy atom. The van der Waals surface area contributed by atoms with Gasteiger partial charge in [0.2, 0.25) is 0 Å². The lowest BCUT2D eigenvalue weighted by Crippen LogP contribution is -2.32. The van der Waals surface area contributed by atoms with E-state index in [0.717, 1.165) is 22.6 Å². The first kappa shape index (κ1) is 27.2. The molecule has 0 radical (unpaired) electrons. The van der Waals surface area contributed by atoms with E-state index in [0.29, 0.717) is 12.0 Å². The summed E-state index contributed by atoms with van der Waals surface area (Å²) in [5, 5.41) is 12.6. The van der Waals surface area contributed by atoms with Crippen LogP contribution in [0.15, 0.2) is 30.1 Å². The second-order valence-electron chi connectivity index (χ2n) is 8.83. The number of hydrogen-bond acceptors (Lipinski definition) is 5. The zero-order chi connectivity index (χ0) is 24.0. The van der Waals surface area contributed by atoms with Gasteiger partial charge in [0, 0.05) is 73.0 Å². The van der Waals surface area contributed by atoms with Crippen LogP contribution >= 0.6 is 30.3 Å². The topological polar surface area (TPSA) is 70.3 Å². The first-order chi connectivity index (χ1) is 14.3. The zero-order valence-electron chi connectivity index (χ0n) is 19.7. The van der Waals surface area contributed by atoms with Gasteiger partial charge < -0.3 is 9.64 Å². The van der Waals surface area contributed by atoms with E-state index in [2.05, 4.69) is 43.1 Å². The molecular weight excluding hydrogens is 523 g/mol. The lowest BCUT2D eigenvalue weighted by Gasteiger charge is -2.26. The molecule has 0 bridgehead atoms. The number of halogens is 1. The molecule has 0 fully saturated rings. The predicted octanol–water partition coefficient (Wildman–Crippen LogP) is 6.50. The van der Waals surface area contributed by atoms with Crippen LogP contribution in [-0.4, -0.2) is 34.7 Å². The number of hydrogen-bond donors (Lipinski definition) is 1. The maximum atomic E-state index is 12.3. The third-order valence-electron chi connectivity index (χ3n) is 4.49. The Hall–Kier alpha value is -1.86. The summed E-state index contributed by atoms with van der Waals surface area (Å²) in [5.74, 6) is 0. The van der Waals surface area contributed by atoms with Crippen LogP contribution in [0.3, 0.4) is 0 Å². The number of ether oxygens (including phenoxy) is 1. The molecule has 0 saturated carbocycles. The average molecular weight is 557 g/mol. The number of allylic oxidation sites excluding steroid dienone is 2. The van der Waals surface area contributed by atoms with Gasteiger partial charge >= 0.3 is 6.09 Å². The predicted molar refractivity (Wildman–Crippen MR) is 140 cm³/mol. The van der Waals surface area contributed by atoms with Crippen LogP contribution in [0.2, 0.25) is 0 Å². The summed E-state index contributed by atoms with van der Waals surface area (Å²) >= 11 is 2.23. The monoisotopic (exact) mass is 556 g/mol. The second-order valence-corrected chi connectivity index (χ2v) is 10.5. The van der Waals surface area contributed by atoms with Crippen molar-refractivity contribution in [3.63, 3.8) is 0 Å². The molecule has 8 heteroatoms. The summed E-state index contributed by atoms with van der Waals surface area (Å²) in [7, 11) is 5.32. The van der Waals surface area contributed by atoms with Crippen molar-refractivity contribution < 1.29 is 9.53 Å². The van der Waals surface area contributed by atoms with E-state index in [1.54, 1.807) is 6.08 Å². The first-order valence-electron chi connectivity index (χ1n) is 9.97. The van der Waals surface area contributed by atoms with E-state index in [4.69, 9.17) is 4.74 Å². The van der Waals surface area contributed by atoms with Crippen molar-refractivity contribution >= 4 is 48.6 Å². The molecule has 1 rings (SSSR count). The number of nitrogens with zero attached hydrogens (tertiary/aromatic N) is 3. The van der Waals surface area contributed by atoms with Gasteiger partial charge in [-0.1, -0.05) is 19.6 Å². The Kier molecular flexibility index (Phi) is 9.76. The summed E-state index contributed by atoms with van der Waals surface area (Å²) in [5.41, 5.74) is 3.06. The van der Waals surface area contributed by atoms with Crippen molar-refractivity contribution in [1.29, 1.82) is 5.26 Å². The number of carbonyl (C=O) groups excluding carboxylic acids is 1. The first-order valence-corrected chi connectivity index (χ1v) is 13.3. The molecule has 170 valence electrons. The highest BCUT2D eigenvalue weighted by molar-refractivity contribution is 14.2. The van der Waals surface area contributed by atoms with Crippen LogP contribution in [0, 0.1) is 11.3 Å². The number of carbonyl (C=O) groups is 1. The van der Waals surface area contributed by atoms with E-state index in [9.17, 15) is 10.1 Å². The van der Waals surface area contributed by atoms with Gasteiger partial charge in [-0.05, 0) is 53.2 Å². The fourth-order valence-corrected chi connectivity index (χ4v) is 4.75. The quantitative estimate of drug-likeness (QED) is 0.293. The van der Waals surface area contributed by atoms with Crippen LogP contribution < -0.4 is 5.32 Å². The van der Waals surface area contributed by atoms with Crippen LogP contribution in [0.25, 0.3) is 12.2 Å². The van der Waals surface area contributed by atoms with E-state index in [1.165, 1.54) is 9.12 Å². The van der Waals surface area contributed by atoms with Gasteiger partial charge in [0.1, 0.15) is 5.60 Å². The summed E-state index contributed by atoms with van der Waals surface area (Å²) in [6.07, 6.45) is 5.71. The van der Waals surface area contributed by atoms with Crippen LogP contribution in [-0.2, 0) is 10.2 Å². The van der Waals surface area contributed by atoms with E-state index in [-0.39, 0.29) is 0 Å². The standard InChI is InChI=1S/C23H33IN4O2S/c1-10-16-12-20(23(6,7)17(14-25)15-27(8)9)28(31-24)19(16)13-18(11-2)26-21(29)30-22(3,4)5/h10,12-13,15H,1,11H2,2-9H3,(H,26,29)/b17-15+,18-13+. The van der Waals surface area contributed by atoms with Gasteiger partial charge in [-0.15, -0.1) is 0 Å². The Labute approximate surface area is 203 Å². The number of aromatic nitrogens is 1. The molecular formula is C23H33IN4O2S. The highest BCUT2D eigenvalue weighted by Gasteiger charge is 2.32. The zero-order valence-corrected chi connectivity index (χ0v) is 22.6. The number of amides is 1. The molecule has 31 heavy (non-hydrogen) atoms. The molecule has 0 aromatic carbocycles. The fraction of sp³-hybridized carbons (Fsp3) is 0.478. The lowest BCUT2D eigenvalue weighted by atomic mass is 9.82. The van der Waals surface area contributed by atoms with Gasteiger partial charge in [-0.3, -0.25) is 9.29 Å². The molecule has 0 aliphatic heterocycles. The van der Waals surface area contributed by atoms with Crippen molar-refractivity contribution in [2.75, 3.05) is 14.1 Å². The van der Waals surface area contributed by atoms with Crippen molar-refractivity contribution in [2.45, 2.75) is 59.0 Å².